The molecule has 0 saturated heterocycles. The third-order valence-electron chi connectivity index (χ3n) is 0.500. The number of hydrogen-bond donors (Lipinski definition) is 2. The Balaban J connectivity index is -0.0000000420. The predicted molar refractivity (Wildman–Crippen MR) is 61.8 cm³/mol. The molecular formula is C11H30O2. The van der Waals surface area contributed by atoms with Crippen LogP contribution in [0.25, 0.3) is 0 Å². The molecule has 0 aliphatic carbocycles. The summed E-state index contributed by atoms with van der Waals surface area (Å²) in [5, 5.41) is 14.2. The number of rotatable bonds is 1. The zero-order valence-corrected chi connectivity index (χ0v) is 10.4. The molecule has 0 aromatic carbocycles. The lowest BCUT2D eigenvalue weighted by Crippen LogP contribution is -1.66. The first-order chi connectivity index (χ1) is 6.16. The standard InChI is InChI=1S/C4H10.2C3H8.CH4O2/c1-3-4-2;2*1-3-2;2-1-3/h3-4H2,1-2H3;2*3H2,1-2H3;2-3H,1H2. The molecular weight excluding hydrogens is 164 g/mol. The van der Waals surface area contributed by atoms with E-state index in [1.54, 1.807) is 0 Å². The molecule has 13 heavy (non-hydrogen) atoms. The van der Waals surface area contributed by atoms with Gasteiger partial charge in [0.1, 0.15) is 6.79 Å². The molecule has 0 aromatic heterocycles. The summed E-state index contributed by atoms with van der Waals surface area (Å²) in [6, 6.07) is 0. The maximum absolute atomic E-state index is 7.12. The molecule has 0 bridgehead atoms. The third kappa shape index (κ3) is 1390. The zero-order chi connectivity index (χ0) is 11.5. The van der Waals surface area contributed by atoms with Crippen LogP contribution in [0.5, 0.6) is 0 Å². The monoisotopic (exact) mass is 194 g/mol. The molecule has 2 N–H and O–H groups in total. The highest BCUT2D eigenvalue weighted by Crippen LogP contribution is 1.76. The van der Waals surface area contributed by atoms with Crippen LogP contribution in [-0.4, -0.2) is 17.0 Å². The van der Waals surface area contributed by atoms with Crippen LogP contribution in [0.1, 0.15) is 67.2 Å². The van der Waals surface area contributed by atoms with Crippen LogP contribution in [-0.2, 0) is 0 Å². The molecule has 0 spiro atoms. The number of hydrogen-bond acceptors (Lipinski definition) is 2. The summed E-state index contributed by atoms with van der Waals surface area (Å²) < 4.78 is 0. The van der Waals surface area contributed by atoms with Gasteiger partial charge < -0.3 is 10.2 Å². The summed E-state index contributed by atoms with van der Waals surface area (Å²) in [5.74, 6) is 0. The Hall–Kier alpha value is -0.0800. The van der Waals surface area contributed by atoms with Gasteiger partial charge in [0.15, 0.2) is 0 Å². The van der Waals surface area contributed by atoms with Crippen molar-refractivity contribution in [3.05, 3.63) is 0 Å². The Bertz CT molecular complexity index is 24.5. The van der Waals surface area contributed by atoms with Crippen molar-refractivity contribution in [3.63, 3.8) is 0 Å². The van der Waals surface area contributed by atoms with Gasteiger partial charge in [-0.05, 0) is 0 Å². The van der Waals surface area contributed by atoms with Crippen LogP contribution in [0.4, 0.5) is 0 Å². The van der Waals surface area contributed by atoms with Gasteiger partial charge in [0.2, 0.25) is 0 Å². The van der Waals surface area contributed by atoms with Crippen molar-refractivity contribution >= 4 is 0 Å². The minimum Gasteiger partial charge on any atom is -0.371 e. The van der Waals surface area contributed by atoms with Crippen molar-refractivity contribution in [3.8, 4) is 0 Å². The lowest BCUT2D eigenvalue weighted by molar-refractivity contribution is 0.0773. The van der Waals surface area contributed by atoms with Gasteiger partial charge >= 0.3 is 0 Å². The minimum atomic E-state index is -0.750. The van der Waals surface area contributed by atoms with Crippen molar-refractivity contribution in [2.24, 2.45) is 0 Å². The van der Waals surface area contributed by atoms with Gasteiger partial charge in [-0.2, -0.15) is 0 Å². The van der Waals surface area contributed by atoms with Crippen molar-refractivity contribution in [1.82, 2.24) is 0 Å². The zero-order valence-electron chi connectivity index (χ0n) is 10.4. The van der Waals surface area contributed by atoms with Crippen molar-refractivity contribution in [2.75, 3.05) is 6.79 Å². The fourth-order valence-corrected chi connectivity index (χ4v) is 0. The smallest absolute Gasteiger partial charge is 0.140 e. The molecule has 0 aromatic rings. The largest absolute Gasteiger partial charge is 0.371 e. The van der Waals surface area contributed by atoms with E-state index < -0.39 is 6.79 Å². The lowest BCUT2D eigenvalue weighted by atomic mass is 10.4. The highest BCUT2D eigenvalue weighted by molar-refractivity contribution is 4.12. The summed E-state index contributed by atoms with van der Waals surface area (Å²) >= 11 is 0. The van der Waals surface area contributed by atoms with Crippen LogP contribution in [0.3, 0.4) is 0 Å². The molecule has 0 unspecified atom stereocenters. The molecule has 2 heteroatoms. The topological polar surface area (TPSA) is 40.5 Å². The van der Waals surface area contributed by atoms with Gasteiger partial charge in [0, 0.05) is 0 Å². The van der Waals surface area contributed by atoms with E-state index in [-0.39, 0.29) is 0 Å². The Morgan fingerprint density at radius 3 is 0.692 bits per heavy atom. The normalized spacial score (nSPS) is 6.46. The summed E-state index contributed by atoms with van der Waals surface area (Å²) in [5.41, 5.74) is 0. The molecule has 0 heterocycles. The lowest BCUT2D eigenvalue weighted by Gasteiger charge is -1.68. The molecule has 0 saturated carbocycles. The van der Waals surface area contributed by atoms with Gasteiger partial charge in [-0.25, -0.2) is 0 Å². The first-order valence-electron chi connectivity index (χ1n) is 5.38. The second-order valence-corrected chi connectivity index (χ2v) is 2.56. The van der Waals surface area contributed by atoms with E-state index in [0.29, 0.717) is 0 Å². The van der Waals surface area contributed by atoms with E-state index in [1.807, 2.05) is 0 Å². The second kappa shape index (κ2) is 58.7. The molecule has 0 radical (unpaired) electrons. The van der Waals surface area contributed by atoms with Gasteiger partial charge in [0.05, 0.1) is 0 Å². The molecule has 0 rings (SSSR count). The summed E-state index contributed by atoms with van der Waals surface area (Å²) in [6.07, 6.45) is 5.14. The summed E-state index contributed by atoms with van der Waals surface area (Å²) in [4.78, 5) is 0. The van der Waals surface area contributed by atoms with E-state index in [4.69, 9.17) is 10.2 Å². The van der Waals surface area contributed by atoms with E-state index >= 15 is 0 Å². The third-order valence-corrected chi connectivity index (χ3v) is 0.500. The highest BCUT2D eigenvalue weighted by atomic mass is 16.5. The number of unbranched alkanes of at least 4 members (excludes halogenated alkanes) is 1. The molecule has 0 amide bonds. The minimum absolute atomic E-state index is 0.750. The van der Waals surface area contributed by atoms with E-state index in [0.717, 1.165) is 0 Å². The molecule has 0 aliphatic rings. The molecule has 0 aliphatic heterocycles. The molecule has 0 atom stereocenters. The Morgan fingerprint density at radius 2 is 0.692 bits per heavy atom. The van der Waals surface area contributed by atoms with E-state index in [1.165, 1.54) is 25.7 Å². The van der Waals surface area contributed by atoms with Gasteiger partial charge in [0.25, 0.3) is 0 Å². The fourth-order valence-electron chi connectivity index (χ4n) is 0. The van der Waals surface area contributed by atoms with Crippen molar-refractivity contribution in [1.29, 1.82) is 0 Å². The first kappa shape index (κ1) is 23.1. The maximum Gasteiger partial charge on any atom is 0.140 e. The van der Waals surface area contributed by atoms with Crippen molar-refractivity contribution in [2.45, 2.75) is 67.2 Å². The van der Waals surface area contributed by atoms with E-state index in [2.05, 4.69) is 41.5 Å². The maximum atomic E-state index is 7.12. The quantitative estimate of drug-likeness (QED) is 0.626. The van der Waals surface area contributed by atoms with Crippen LogP contribution in [0.2, 0.25) is 0 Å². The predicted octanol–water partition coefficient (Wildman–Crippen LogP) is 3.57. The van der Waals surface area contributed by atoms with Gasteiger partial charge in [-0.15, -0.1) is 0 Å². The Labute approximate surface area is 85.0 Å². The van der Waals surface area contributed by atoms with Crippen molar-refractivity contribution < 1.29 is 10.2 Å². The Kier molecular flexibility index (Phi) is 104. The first-order valence-corrected chi connectivity index (χ1v) is 5.38. The van der Waals surface area contributed by atoms with Crippen LogP contribution >= 0.6 is 0 Å². The SMILES string of the molecule is CCC.CCC.CCCC.OCO. The van der Waals surface area contributed by atoms with Crippen LogP contribution in [0.15, 0.2) is 0 Å². The summed E-state index contributed by atoms with van der Waals surface area (Å²) in [7, 11) is 0. The average Bonchev–Trinajstić information content (AvgIpc) is 2.08. The second-order valence-electron chi connectivity index (χ2n) is 2.56. The average molecular weight is 194 g/mol. The highest BCUT2D eigenvalue weighted by Gasteiger charge is 1.56. The molecule has 0 fully saturated rings. The number of aliphatic hydroxyl groups is 2. The van der Waals surface area contributed by atoms with Gasteiger partial charge in [-0.1, -0.05) is 67.2 Å². The van der Waals surface area contributed by atoms with E-state index in [9.17, 15) is 0 Å². The number of aliphatic hydroxyl groups excluding tert-OH is 1. The van der Waals surface area contributed by atoms with Crippen LogP contribution in [0, 0.1) is 0 Å². The van der Waals surface area contributed by atoms with Crippen LogP contribution < -0.4 is 0 Å². The molecule has 86 valence electrons. The Morgan fingerprint density at radius 1 is 0.615 bits per heavy atom. The fraction of sp³-hybridized carbons (Fsp3) is 1.00. The van der Waals surface area contributed by atoms with Gasteiger partial charge in [-0.3, -0.25) is 0 Å². The molecule has 2 nitrogen and oxygen atoms in total. The summed E-state index contributed by atoms with van der Waals surface area (Å²) in [6.45, 7) is 12.1.